The van der Waals surface area contributed by atoms with Crippen molar-refractivity contribution in [1.82, 2.24) is 10.4 Å². The summed E-state index contributed by atoms with van der Waals surface area (Å²) in [5.41, 5.74) is 2.07. The molecule has 0 aromatic heterocycles. The topological polar surface area (TPSA) is 104 Å². The van der Waals surface area contributed by atoms with Gasteiger partial charge in [0, 0.05) is 19.4 Å². The largest absolute Gasteiger partial charge is 0.478 e. The molecule has 1 aromatic rings. The molecule has 0 radical (unpaired) electrons. The molecule has 1 rings (SSSR count). The third-order valence-electron chi connectivity index (χ3n) is 2.21. The van der Waals surface area contributed by atoms with Crippen molar-refractivity contribution in [1.29, 1.82) is 0 Å². The van der Waals surface area contributed by atoms with Gasteiger partial charge in [-0.25, -0.2) is 4.79 Å². The second kappa shape index (κ2) is 5.76. The lowest BCUT2D eigenvalue weighted by Gasteiger charge is -2.17. The molecule has 100 valence electrons. The van der Waals surface area contributed by atoms with Crippen molar-refractivity contribution in [3.05, 3.63) is 35.4 Å². The zero-order valence-corrected chi connectivity index (χ0v) is 10.3. The number of carboxylic acids is 1. The van der Waals surface area contributed by atoms with Gasteiger partial charge in [-0.1, -0.05) is 6.07 Å². The fourth-order valence-electron chi connectivity index (χ4n) is 1.34. The molecule has 0 heterocycles. The zero-order chi connectivity index (χ0) is 14.6. The fraction of sp³-hybridized carbons (Fsp3) is 0.167. The van der Waals surface area contributed by atoms with E-state index in [1.807, 2.05) is 0 Å². The van der Waals surface area contributed by atoms with Crippen molar-refractivity contribution >= 4 is 23.7 Å². The molecule has 1 aromatic carbocycles. The van der Waals surface area contributed by atoms with Gasteiger partial charge in [-0.2, -0.15) is 5.01 Å². The minimum Gasteiger partial charge on any atom is -0.478 e. The number of imide groups is 1. The van der Waals surface area contributed by atoms with E-state index in [2.05, 4.69) is 5.43 Å². The predicted octanol–water partition coefficient (Wildman–Crippen LogP) is 0.425. The van der Waals surface area contributed by atoms with Crippen LogP contribution in [0.4, 0.5) is 0 Å². The smallest absolute Gasteiger partial charge is 0.335 e. The minimum atomic E-state index is -1.18. The number of hydrogen-bond donors (Lipinski definition) is 2. The van der Waals surface area contributed by atoms with Crippen LogP contribution in [0.2, 0.25) is 0 Å². The molecular weight excluding hydrogens is 252 g/mol. The summed E-state index contributed by atoms with van der Waals surface area (Å²) in [5, 5.41) is 9.35. The summed E-state index contributed by atoms with van der Waals surface area (Å²) in [5.74, 6) is -3.20. The average Bonchev–Trinajstić information content (AvgIpc) is 2.34. The van der Waals surface area contributed by atoms with Crippen LogP contribution in [0, 0.1) is 0 Å². The third-order valence-corrected chi connectivity index (χ3v) is 2.21. The lowest BCUT2D eigenvalue weighted by molar-refractivity contribution is -0.144. The summed E-state index contributed by atoms with van der Waals surface area (Å²) < 4.78 is 0. The molecule has 0 atom stereocenters. The molecule has 2 N–H and O–H groups in total. The van der Waals surface area contributed by atoms with Gasteiger partial charge in [0.25, 0.3) is 5.91 Å². The Hall–Kier alpha value is -2.70. The van der Waals surface area contributed by atoms with Crippen LogP contribution in [0.15, 0.2) is 24.3 Å². The highest BCUT2D eigenvalue weighted by molar-refractivity contribution is 6.01. The zero-order valence-electron chi connectivity index (χ0n) is 10.3. The highest BCUT2D eigenvalue weighted by atomic mass is 16.4. The van der Waals surface area contributed by atoms with E-state index in [0.29, 0.717) is 5.01 Å². The molecule has 0 unspecified atom stereocenters. The Kier molecular flexibility index (Phi) is 4.36. The molecule has 0 bridgehead atoms. The van der Waals surface area contributed by atoms with Gasteiger partial charge in [0.2, 0.25) is 11.8 Å². The van der Waals surface area contributed by atoms with Gasteiger partial charge in [-0.3, -0.25) is 19.8 Å². The van der Waals surface area contributed by atoms with E-state index in [4.69, 9.17) is 5.11 Å². The summed E-state index contributed by atoms with van der Waals surface area (Å²) >= 11 is 0. The summed E-state index contributed by atoms with van der Waals surface area (Å²) in [6.07, 6.45) is 0. The molecule has 0 aliphatic carbocycles. The van der Waals surface area contributed by atoms with Gasteiger partial charge in [-0.05, 0) is 18.2 Å². The maximum absolute atomic E-state index is 11.8. The Balaban J connectivity index is 2.94. The Morgan fingerprint density at radius 3 is 2.05 bits per heavy atom. The lowest BCUT2D eigenvalue weighted by Crippen LogP contribution is -2.47. The number of carbonyl (C=O) groups excluding carboxylic acids is 3. The van der Waals surface area contributed by atoms with Gasteiger partial charge in [0.15, 0.2) is 0 Å². The Morgan fingerprint density at radius 1 is 1.05 bits per heavy atom. The number of hydrogen-bond acceptors (Lipinski definition) is 4. The number of benzene rings is 1. The molecule has 0 fully saturated rings. The molecule has 19 heavy (non-hydrogen) atoms. The first kappa shape index (κ1) is 14.4. The van der Waals surface area contributed by atoms with Crippen LogP contribution in [0.1, 0.15) is 34.6 Å². The number of rotatable bonds is 2. The summed E-state index contributed by atoms with van der Waals surface area (Å²) in [6, 6.07) is 5.24. The van der Waals surface area contributed by atoms with E-state index in [1.165, 1.54) is 18.2 Å². The maximum Gasteiger partial charge on any atom is 0.335 e. The molecule has 0 spiro atoms. The van der Waals surface area contributed by atoms with E-state index in [-0.39, 0.29) is 11.1 Å². The van der Waals surface area contributed by atoms with Crippen LogP contribution in [-0.2, 0) is 9.59 Å². The molecule has 0 aliphatic rings. The first-order valence-corrected chi connectivity index (χ1v) is 5.28. The van der Waals surface area contributed by atoms with Crippen LogP contribution in [0.5, 0.6) is 0 Å². The van der Waals surface area contributed by atoms with Crippen molar-refractivity contribution in [2.45, 2.75) is 13.8 Å². The van der Waals surface area contributed by atoms with E-state index in [9.17, 15) is 19.2 Å². The molecule has 3 amide bonds. The first-order chi connectivity index (χ1) is 8.82. The molecule has 0 aliphatic heterocycles. The number of carboxylic acid groups (broad SMARTS) is 1. The van der Waals surface area contributed by atoms with Crippen molar-refractivity contribution in [3.63, 3.8) is 0 Å². The molecular formula is C12H12N2O5. The predicted molar refractivity (Wildman–Crippen MR) is 64.1 cm³/mol. The quantitative estimate of drug-likeness (QED) is 0.753. The van der Waals surface area contributed by atoms with Gasteiger partial charge in [-0.15, -0.1) is 0 Å². The second-order valence-electron chi connectivity index (χ2n) is 3.70. The Bertz CT molecular complexity index is 539. The van der Waals surface area contributed by atoms with Crippen LogP contribution in [0.25, 0.3) is 0 Å². The lowest BCUT2D eigenvalue weighted by atomic mass is 10.1. The molecule has 0 saturated carbocycles. The first-order valence-electron chi connectivity index (χ1n) is 5.28. The number of hydrazine groups is 1. The minimum absolute atomic E-state index is 0.0346. The molecule has 7 nitrogen and oxygen atoms in total. The summed E-state index contributed by atoms with van der Waals surface area (Å²) in [6.45, 7) is 2.24. The van der Waals surface area contributed by atoms with Gasteiger partial charge in [0.1, 0.15) is 0 Å². The monoisotopic (exact) mass is 264 g/mol. The Labute approximate surface area is 108 Å². The highest BCUT2D eigenvalue weighted by Crippen LogP contribution is 2.05. The highest BCUT2D eigenvalue weighted by Gasteiger charge is 2.18. The number of nitrogens with zero attached hydrogens (tertiary/aromatic N) is 1. The Morgan fingerprint density at radius 2 is 1.58 bits per heavy atom. The number of nitrogens with one attached hydrogen (secondary N) is 1. The maximum atomic E-state index is 11.8. The van der Waals surface area contributed by atoms with Crippen molar-refractivity contribution < 1.29 is 24.3 Å². The van der Waals surface area contributed by atoms with Gasteiger partial charge in [0.05, 0.1) is 5.56 Å². The number of aromatic carboxylic acids is 1. The van der Waals surface area contributed by atoms with Crippen molar-refractivity contribution in [2.75, 3.05) is 0 Å². The fourth-order valence-corrected chi connectivity index (χ4v) is 1.34. The third kappa shape index (κ3) is 3.63. The molecule has 0 saturated heterocycles. The van der Waals surface area contributed by atoms with Crippen LogP contribution < -0.4 is 5.43 Å². The van der Waals surface area contributed by atoms with Crippen LogP contribution in [0.3, 0.4) is 0 Å². The van der Waals surface area contributed by atoms with Crippen molar-refractivity contribution in [3.8, 4) is 0 Å². The van der Waals surface area contributed by atoms with E-state index >= 15 is 0 Å². The average molecular weight is 264 g/mol. The normalized spacial score (nSPS) is 9.58. The SMILES string of the molecule is CC(=O)N(NC(=O)c1cccc(C(=O)O)c1)C(C)=O. The summed E-state index contributed by atoms with van der Waals surface area (Å²) in [7, 11) is 0. The standard InChI is InChI=1S/C12H12N2O5/c1-7(15)14(8(2)16)13-11(17)9-4-3-5-10(6-9)12(18)19/h3-6H,1-2H3,(H,13,17)(H,18,19). The van der Waals surface area contributed by atoms with Crippen LogP contribution >= 0.6 is 0 Å². The van der Waals surface area contributed by atoms with Crippen molar-refractivity contribution in [2.24, 2.45) is 0 Å². The van der Waals surface area contributed by atoms with Crippen LogP contribution in [-0.4, -0.2) is 33.8 Å². The molecule has 7 heteroatoms. The van der Waals surface area contributed by atoms with Gasteiger partial charge >= 0.3 is 5.97 Å². The number of amides is 3. The van der Waals surface area contributed by atoms with E-state index < -0.39 is 23.7 Å². The van der Waals surface area contributed by atoms with E-state index in [1.54, 1.807) is 0 Å². The number of carbonyl (C=O) groups is 4. The van der Waals surface area contributed by atoms with Gasteiger partial charge < -0.3 is 5.11 Å². The second-order valence-corrected chi connectivity index (χ2v) is 3.70. The van der Waals surface area contributed by atoms with E-state index in [0.717, 1.165) is 19.9 Å². The summed E-state index contributed by atoms with van der Waals surface area (Å²) in [4.78, 5) is 44.8.